The number of carbonyl (C=O) groups is 1. The highest BCUT2D eigenvalue weighted by Gasteiger charge is 2.33. The number of halogens is 3. The molecule has 1 aromatic rings. The molecule has 0 bridgehead atoms. The van der Waals surface area contributed by atoms with Crippen LogP contribution in [0.1, 0.15) is 28.4 Å². The van der Waals surface area contributed by atoms with E-state index in [2.05, 4.69) is 5.73 Å². The number of likely N-dealkylation sites (N-methyl/N-ethyl adjacent to an activating group) is 1. The van der Waals surface area contributed by atoms with Crippen LogP contribution in [0.25, 0.3) is 0 Å². The molecule has 2 N–H and O–H groups in total. The van der Waals surface area contributed by atoms with Crippen LogP contribution in [-0.4, -0.2) is 38.4 Å². The van der Waals surface area contributed by atoms with Gasteiger partial charge < -0.3 is 10.6 Å². The smallest absolute Gasteiger partial charge is 0.333 e. The zero-order valence-corrected chi connectivity index (χ0v) is 12.2. The largest absolute Gasteiger partial charge is 0.417 e. The van der Waals surface area contributed by atoms with Crippen LogP contribution in [0.5, 0.6) is 0 Å². The molecule has 1 rings (SSSR count). The predicted octanol–water partition coefficient (Wildman–Crippen LogP) is 2.59. The lowest BCUT2D eigenvalue weighted by molar-refractivity contribution is -0.137. The van der Waals surface area contributed by atoms with E-state index in [1.54, 1.807) is 6.07 Å². The van der Waals surface area contributed by atoms with Gasteiger partial charge in [0, 0.05) is 11.6 Å². The van der Waals surface area contributed by atoms with Gasteiger partial charge in [0.1, 0.15) is 0 Å². The number of nitrogens with zero attached hydrogens (tertiary/aromatic N) is 1. The Balaban J connectivity index is 0.00000172. The first kappa shape index (κ1) is 18.6. The van der Waals surface area contributed by atoms with Crippen LogP contribution in [-0.2, 0) is 12.6 Å². The molecule has 1 aromatic carbocycles. The predicted molar refractivity (Wildman–Crippen MR) is 73.8 cm³/mol. The van der Waals surface area contributed by atoms with E-state index >= 15 is 0 Å². The van der Waals surface area contributed by atoms with E-state index in [4.69, 9.17) is 0 Å². The number of rotatable bonds is 4. The first-order chi connectivity index (χ1) is 9.25. The second kappa shape index (κ2) is 8.01. The van der Waals surface area contributed by atoms with Crippen molar-refractivity contribution in [3.8, 4) is 0 Å². The van der Waals surface area contributed by atoms with Crippen molar-refractivity contribution in [3.05, 3.63) is 34.9 Å². The van der Waals surface area contributed by atoms with Crippen molar-refractivity contribution in [2.75, 3.05) is 21.1 Å². The summed E-state index contributed by atoms with van der Waals surface area (Å²) in [5, 5.41) is 0. The maximum Gasteiger partial charge on any atom is 0.417 e. The number of benzene rings is 1. The molecule has 0 aliphatic heterocycles. The van der Waals surface area contributed by atoms with Crippen molar-refractivity contribution in [1.29, 1.82) is 0 Å². The fourth-order valence-electron chi connectivity index (χ4n) is 1.60. The van der Waals surface area contributed by atoms with Crippen LogP contribution in [0.3, 0.4) is 0 Å². The third kappa shape index (κ3) is 5.30. The van der Waals surface area contributed by atoms with Crippen LogP contribution in [0.2, 0.25) is 0 Å². The lowest BCUT2D eigenvalue weighted by Gasteiger charge is -2.20. The molecule has 0 aliphatic carbocycles. The monoisotopic (exact) mass is 290 g/mol. The van der Waals surface area contributed by atoms with Gasteiger partial charge in [-0.15, -0.1) is 0 Å². The summed E-state index contributed by atoms with van der Waals surface area (Å²) in [6, 6.07) is 3.99. The SMILES string of the molecule is CC(Cc1ccc(C=O)c(C(F)(F)F)c1)N(C)C.CN. The number of alkyl halides is 3. The number of hydrogen-bond donors (Lipinski definition) is 1. The second-order valence-electron chi connectivity index (χ2n) is 4.55. The van der Waals surface area contributed by atoms with Gasteiger partial charge in [-0.3, -0.25) is 4.79 Å². The lowest BCUT2D eigenvalue weighted by Crippen LogP contribution is -2.26. The zero-order valence-electron chi connectivity index (χ0n) is 12.2. The third-order valence-corrected chi connectivity index (χ3v) is 2.96. The molecular formula is C14H21F3N2O. The Bertz CT molecular complexity index is 431. The quantitative estimate of drug-likeness (QED) is 0.867. The second-order valence-corrected chi connectivity index (χ2v) is 4.55. The van der Waals surface area contributed by atoms with E-state index < -0.39 is 11.7 Å². The molecule has 3 nitrogen and oxygen atoms in total. The Morgan fingerprint density at radius 1 is 1.30 bits per heavy atom. The van der Waals surface area contributed by atoms with E-state index in [9.17, 15) is 18.0 Å². The van der Waals surface area contributed by atoms with Gasteiger partial charge in [0.15, 0.2) is 6.29 Å². The van der Waals surface area contributed by atoms with Crippen LogP contribution in [0, 0.1) is 0 Å². The summed E-state index contributed by atoms with van der Waals surface area (Å²) in [5.74, 6) is 0. The topological polar surface area (TPSA) is 46.3 Å². The number of aldehydes is 1. The normalized spacial score (nSPS) is 12.7. The maximum atomic E-state index is 12.7. The minimum atomic E-state index is -4.49. The number of nitrogens with two attached hydrogens (primary N) is 1. The first-order valence-corrected chi connectivity index (χ1v) is 6.15. The zero-order chi connectivity index (χ0) is 15.9. The minimum absolute atomic E-state index is 0.133. The summed E-state index contributed by atoms with van der Waals surface area (Å²) >= 11 is 0. The molecule has 6 heteroatoms. The molecule has 0 fully saturated rings. The molecule has 20 heavy (non-hydrogen) atoms. The van der Waals surface area contributed by atoms with Crippen molar-refractivity contribution in [1.82, 2.24) is 4.90 Å². The van der Waals surface area contributed by atoms with Crippen LogP contribution in [0.4, 0.5) is 13.2 Å². The highest BCUT2D eigenvalue weighted by atomic mass is 19.4. The molecule has 114 valence electrons. The van der Waals surface area contributed by atoms with Crippen molar-refractivity contribution in [2.24, 2.45) is 5.73 Å². The number of hydrogen-bond acceptors (Lipinski definition) is 3. The maximum absolute atomic E-state index is 12.7. The fourth-order valence-corrected chi connectivity index (χ4v) is 1.60. The Labute approximate surface area is 117 Å². The van der Waals surface area contributed by atoms with Crippen LogP contribution in [0.15, 0.2) is 18.2 Å². The van der Waals surface area contributed by atoms with E-state index in [1.807, 2.05) is 25.9 Å². The standard InChI is InChI=1S/C13H16F3NO.CH5N/c1-9(17(2)3)6-10-4-5-11(8-18)12(7-10)13(14,15)16;1-2/h4-5,7-9H,6H2,1-3H3;2H2,1H3. The summed E-state index contributed by atoms with van der Waals surface area (Å²) < 4.78 is 38.2. The van der Waals surface area contributed by atoms with Gasteiger partial charge in [-0.25, -0.2) is 0 Å². The number of carbonyl (C=O) groups excluding carboxylic acids is 1. The van der Waals surface area contributed by atoms with Crippen molar-refractivity contribution >= 4 is 6.29 Å². The molecule has 1 atom stereocenters. The highest BCUT2D eigenvalue weighted by Crippen LogP contribution is 2.32. The van der Waals surface area contributed by atoms with E-state index in [-0.39, 0.29) is 17.9 Å². The molecule has 0 saturated carbocycles. The van der Waals surface area contributed by atoms with Crippen molar-refractivity contribution < 1.29 is 18.0 Å². The molecule has 0 amide bonds. The molecule has 0 spiro atoms. The van der Waals surface area contributed by atoms with Gasteiger partial charge in [0.2, 0.25) is 0 Å². The third-order valence-electron chi connectivity index (χ3n) is 2.96. The van der Waals surface area contributed by atoms with Gasteiger partial charge in [-0.1, -0.05) is 12.1 Å². The molecule has 0 saturated heterocycles. The molecule has 0 heterocycles. The van der Waals surface area contributed by atoms with E-state index in [0.29, 0.717) is 12.0 Å². The summed E-state index contributed by atoms with van der Waals surface area (Å²) in [5.41, 5.74) is 3.90. The Hall–Kier alpha value is -1.40. The Morgan fingerprint density at radius 3 is 2.25 bits per heavy atom. The summed E-state index contributed by atoms with van der Waals surface area (Å²) in [6.07, 6.45) is -3.75. The summed E-state index contributed by atoms with van der Waals surface area (Å²) in [6.45, 7) is 1.93. The van der Waals surface area contributed by atoms with Crippen molar-refractivity contribution in [2.45, 2.75) is 25.6 Å². The summed E-state index contributed by atoms with van der Waals surface area (Å²) in [4.78, 5) is 12.5. The van der Waals surface area contributed by atoms with Gasteiger partial charge in [-0.2, -0.15) is 13.2 Å². The fraction of sp³-hybridized carbons (Fsp3) is 0.500. The highest BCUT2D eigenvalue weighted by molar-refractivity contribution is 5.77. The average Bonchev–Trinajstić information content (AvgIpc) is 2.39. The molecule has 0 aliphatic rings. The van der Waals surface area contributed by atoms with Crippen LogP contribution < -0.4 is 5.73 Å². The van der Waals surface area contributed by atoms with E-state index in [0.717, 1.165) is 6.07 Å². The van der Waals surface area contributed by atoms with Gasteiger partial charge in [0.25, 0.3) is 0 Å². The minimum Gasteiger partial charge on any atom is -0.333 e. The molecule has 0 aromatic heterocycles. The van der Waals surface area contributed by atoms with Gasteiger partial charge in [-0.05, 0) is 46.1 Å². The van der Waals surface area contributed by atoms with Crippen molar-refractivity contribution in [3.63, 3.8) is 0 Å². The summed E-state index contributed by atoms with van der Waals surface area (Å²) in [7, 11) is 5.24. The molecule has 1 unspecified atom stereocenters. The average molecular weight is 290 g/mol. The Morgan fingerprint density at radius 2 is 1.85 bits per heavy atom. The molecular weight excluding hydrogens is 269 g/mol. The van der Waals surface area contributed by atoms with Gasteiger partial charge in [0.05, 0.1) is 5.56 Å². The first-order valence-electron chi connectivity index (χ1n) is 6.15. The van der Waals surface area contributed by atoms with E-state index in [1.165, 1.54) is 13.1 Å². The molecule has 0 radical (unpaired) electrons. The van der Waals surface area contributed by atoms with Crippen LogP contribution >= 0.6 is 0 Å². The Kier molecular flexibility index (Phi) is 7.45. The van der Waals surface area contributed by atoms with Gasteiger partial charge >= 0.3 is 6.18 Å². The lowest BCUT2D eigenvalue weighted by atomic mass is 10.00.